The summed E-state index contributed by atoms with van der Waals surface area (Å²) in [5.41, 5.74) is 4.73. The maximum atomic E-state index is 9.71. The molecule has 0 aromatic carbocycles. The lowest BCUT2D eigenvalue weighted by Gasteiger charge is -2.27. The molecule has 4 aliphatic carbocycles. The minimum absolute atomic E-state index is 0.706. The monoisotopic (exact) mass is 495 g/mol. The van der Waals surface area contributed by atoms with Gasteiger partial charge in [-0.2, -0.15) is 0 Å². The summed E-state index contributed by atoms with van der Waals surface area (Å²) in [5.74, 6) is -3.08. The lowest BCUT2D eigenvalue weighted by Crippen LogP contribution is -2.95. The molecule has 0 aromatic heterocycles. The van der Waals surface area contributed by atoms with E-state index in [9.17, 15) is 19.8 Å². The Labute approximate surface area is 213 Å². The predicted octanol–water partition coefficient (Wildman–Crippen LogP) is 0.634. The number of carbonyl (C=O) groups excluding carboxylic acids is 2. The molecule has 4 fully saturated rings. The highest BCUT2D eigenvalue weighted by Gasteiger charge is 2.23. The van der Waals surface area contributed by atoms with E-state index in [-0.39, 0.29) is 0 Å². The second-order valence-corrected chi connectivity index (χ2v) is 11.5. The Balaban J connectivity index is 0.000000190. The fourth-order valence-corrected chi connectivity index (χ4v) is 6.34. The smallest absolute Gasteiger partial charge is 0.0861 e. The number of quaternary nitrogens is 2. The molecule has 4 saturated carbocycles. The third-order valence-electron chi connectivity index (χ3n) is 8.38. The molecule has 0 saturated heterocycles. The Kier molecular flexibility index (Phi) is 15.6. The molecule has 0 aliphatic heterocycles. The second-order valence-electron chi connectivity index (χ2n) is 11.5. The maximum absolute atomic E-state index is 9.71. The SMILES string of the molecule is C1CCC([NH2+]C2CCCCC2)CC1.C1CCC([NH2+]C2CCCCC2)CC1.N[C@@H](CC(=O)[O-])C(=O)[O-]. The van der Waals surface area contributed by atoms with E-state index >= 15 is 0 Å². The number of carboxylic acids is 2. The van der Waals surface area contributed by atoms with Crippen molar-refractivity contribution in [1.29, 1.82) is 0 Å². The number of aliphatic carboxylic acids is 2. The molecule has 0 spiro atoms. The molecule has 7 nitrogen and oxygen atoms in total. The Hall–Kier alpha value is -1.18. The van der Waals surface area contributed by atoms with Crippen LogP contribution in [0.1, 0.15) is 135 Å². The highest BCUT2D eigenvalue weighted by atomic mass is 16.4. The zero-order valence-corrected chi connectivity index (χ0v) is 22.1. The van der Waals surface area contributed by atoms with Crippen LogP contribution in [-0.2, 0) is 9.59 Å². The van der Waals surface area contributed by atoms with Gasteiger partial charge in [-0.1, -0.05) is 25.7 Å². The molecule has 1 atom stereocenters. The second kappa shape index (κ2) is 18.1. The van der Waals surface area contributed by atoms with Crippen LogP contribution in [-0.4, -0.2) is 42.1 Å². The van der Waals surface area contributed by atoms with Crippen LogP contribution < -0.4 is 26.6 Å². The summed E-state index contributed by atoms with van der Waals surface area (Å²) < 4.78 is 0. The molecule has 0 aromatic rings. The number of carbonyl (C=O) groups is 2. The van der Waals surface area contributed by atoms with Crippen molar-refractivity contribution in [1.82, 2.24) is 0 Å². The van der Waals surface area contributed by atoms with E-state index in [0.717, 1.165) is 24.2 Å². The molecule has 0 amide bonds. The lowest BCUT2D eigenvalue weighted by atomic mass is 9.91. The third-order valence-corrected chi connectivity index (χ3v) is 8.38. The number of hydrogen-bond acceptors (Lipinski definition) is 5. The topological polar surface area (TPSA) is 140 Å². The number of rotatable bonds is 7. The van der Waals surface area contributed by atoms with Crippen molar-refractivity contribution in [2.75, 3.05) is 0 Å². The van der Waals surface area contributed by atoms with Crippen molar-refractivity contribution in [3.63, 3.8) is 0 Å². The van der Waals surface area contributed by atoms with Gasteiger partial charge in [0.05, 0.1) is 30.1 Å². The highest BCUT2D eigenvalue weighted by Crippen LogP contribution is 2.19. The number of nitrogens with two attached hydrogens (primary N) is 3. The van der Waals surface area contributed by atoms with E-state index in [0.29, 0.717) is 0 Å². The van der Waals surface area contributed by atoms with E-state index in [2.05, 4.69) is 10.6 Å². The number of carboxylic acid groups (broad SMARTS) is 2. The van der Waals surface area contributed by atoms with Crippen molar-refractivity contribution in [3.05, 3.63) is 0 Å². The van der Waals surface area contributed by atoms with Gasteiger partial charge in [0.1, 0.15) is 0 Å². The quantitative estimate of drug-likeness (QED) is 0.475. The fourth-order valence-electron chi connectivity index (χ4n) is 6.34. The summed E-state index contributed by atoms with van der Waals surface area (Å²) in [4.78, 5) is 19.3. The summed E-state index contributed by atoms with van der Waals surface area (Å²) >= 11 is 0. The highest BCUT2D eigenvalue weighted by molar-refractivity contribution is 5.77. The van der Waals surface area contributed by atoms with Crippen LogP contribution in [0, 0.1) is 0 Å². The molecule has 35 heavy (non-hydrogen) atoms. The van der Waals surface area contributed by atoms with Gasteiger partial charge in [-0.3, -0.25) is 0 Å². The van der Waals surface area contributed by atoms with Gasteiger partial charge in [0.2, 0.25) is 0 Å². The van der Waals surface area contributed by atoms with Gasteiger partial charge in [-0.15, -0.1) is 0 Å². The Bertz CT molecular complexity index is 499. The summed E-state index contributed by atoms with van der Waals surface area (Å²) in [6.07, 6.45) is 29.2. The fraction of sp³-hybridized carbons (Fsp3) is 0.929. The zero-order valence-electron chi connectivity index (χ0n) is 22.1. The molecule has 204 valence electrons. The molecule has 0 bridgehead atoms. The standard InChI is InChI=1S/2C12H23N.C4H7NO4/c2*1-3-7-11(8-4-1)13-12-9-5-2-6-10-12;5-2(4(8)9)1-3(6)7/h2*11-13H,1-10H2;2H,1,5H2,(H,6,7)(H,8,9)/t;;2-/m..0/s1. The predicted molar refractivity (Wildman–Crippen MR) is 134 cm³/mol. The van der Waals surface area contributed by atoms with Gasteiger partial charge in [-0.05, 0) is 103 Å². The van der Waals surface area contributed by atoms with Gasteiger partial charge >= 0.3 is 0 Å². The van der Waals surface area contributed by atoms with Gasteiger partial charge in [0.25, 0.3) is 0 Å². The van der Waals surface area contributed by atoms with Crippen LogP contribution in [0.25, 0.3) is 0 Å². The zero-order chi connectivity index (χ0) is 25.3. The summed E-state index contributed by atoms with van der Waals surface area (Å²) in [6.45, 7) is 0. The van der Waals surface area contributed by atoms with Crippen LogP contribution in [0.3, 0.4) is 0 Å². The first-order chi connectivity index (χ1) is 16.9. The van der Waals surface area contributed by atoms with Crippen molar-refractivity contribution in [2.24, 2.45) is 5.73 Å². The van der Waals surface area contributed by atoms with Crippen LogP contribution in [0.5, 0.6) is 0 Å². The summed E-state index contributed by atoms with van der Waals surface area (Å²) in [6, 6.07) is 2.53. The van der Waals surface area contributed by atoms with E-state index in [1.165, 1.54) is 128 Å². The molecule has 0 heterocycles. The molecular formula is C28H53N3O4. The summed E-state index contributed by atoms with van der Waals surface area (Å²) in [7, 11) is 0. The van der Waals surface area contributed by atoms with E-state index in [1.807, 2.05) is 0 Å². The lowest BCUT2D eigenvalue weighted by molar-refractivity contribution is -0.726. The first-order valence-electron chi connectivity index (χ1n) is 14.8. The largest absolute Gasteiger partial charge is 0.550 e. The van der Waals surface area contributed by atoms with Crippen LogP contribution in [0.4, 0.5) is 0 Å². The molecule has 7 heteroatoms. The molecule has 4 aliphatic rings. The van der Waals surface area contributed by atoms with Crippen molar-refractivity contribution in [2.45, 2.75) is 165 Å². The Morgan fingerprint density at radius 1 is 0.571 bits per heavy atom. The first-order valence-corrected chi connectivity index (χ1v) is 14.8. The van der Waals surface area contributed by atoms with Gasteiger partial charge in [-0.25, -0.2) is 0 Å². The Morgan fingerprint density at radius 2 is 0.829 bits per heavy atom. The van der Waals surface area contributed by atoms with Gasteiger partial charge in [0.15, 0.2) is 0 Å². The van der Waals surface area contributed by atoms with Crippen LogP contribution >= 0.6 is 0 Å². The minimum Gasteiger partial charge on any atom is -0.550 e. The van der Waals surface area contributed by atoms with Crippen molar-refractivity contribution in [3.8, 4) is 0 Å². The molecule has 4 rings (SSSR count). The normalized spacial score (nSPS) is 23.8. The molecular weight excluding hydrogens is 442 g/mol. The minimum atomic E-state index is -1.58. The average molecular weight is 496 g/mol. The van der Waals surface area contributed by atoms with Crippen molar-refractivity contribution >= 4 is 11.9 Å². The van der Waals surface area contributed by atoms with Gasteiger partial charge in [0, 0.05) is 18.4 Å². The van der Waals surface area contributed by atoms with E-state index in [4.69, 9.17) is 5.73 Å². The summed E-state index contributed by atoms with van der Waals surface area (Å²) in [5, 5.41) is 24.8. The van der Waals surface area contributed by atoms with E-state index in [1.54, 1.807) is 0 Å². The van der Waals surface area contributed by atoms with Gasteiger partial charge < -0.3 is 36.2 Å². The van der Waals surface area contributed by atoms with E-state index < -0.39 is 24.4 Å². The molecule has 0 unspecified atom stereocenters. The van der Waals surface area contributed by atoms with Crippen molar-refractivity contribution < 1.29 is 30.4 Å². The Morgan fingerprint density at radius 3 is 1.00 bits per heavy atom. The maximum Gasteiger partial charge on any atom is 0.0861 e. The molecule has 6 N–H and O–H groups in total. The van der Waals surface area contributed by atoms with Crippen LogP contribution in [0.15, 0.2) is 0 Å². The first kappa shape index (κ1) is 30.0. The number of hydrogen-bond donors (Lipinski definition) is 3. The average Bonchev–Trinajstić information content (AvgIpc) is 2.87. The third kappa shape index (κ3) is 14.2. The van der Waals surface area contributed by atoms with Crippen LogP contribution in [0.2, 0.25) is 0 Å². The molecule has 0 radical (unpaired) electrons.